The van der Waals surface area contributed by atoms with Gasteiger partial charge in [0.25, 0.3) is 5.56 Å². The molecular formula is C16H13N3O2S. The summed E-state index contributed by atoms with van der Waals surface area (Å²) in [4.78, 5) is 17.2. The Morgan fingerprint density at radius 2 is 2.32 bits per heavy atom. The number of nitrogens with zero attached hydrogens (tertiary/aromatic N) is 3. The molecule has 0 saturated heterocycles. The number of rotatable bonds is 4. The third kappa shape index (κ3) is 2.30. The summed E-state index contributed by atoms with van der Waals surface area (Å²) in [6.07, 6.45) is 1.62. The number of thioether (sulfide) groups is 1. The van der Waals surface area contributed by atoms with E-state index < -0.39 is 0 Å². The maximum atomic E-state index is 12.7. The molecule has 0 fully saturated rings. The maximum absolute atomic E-state index is 12.7. The number of benzene rings is 1. The lowest BCUT2D eigenvalue weighted by molar-refractivity contribution is 0.618. The minimum absolute atomic E-state index is 0.233. The van der Waals surface area contributed by atoms with Crippen molar-refractivity contribution in [2.24, 2.45) is 0 Å². The highest BCUT2D eigenvalue weighted by atomic mass is 32.2. The Bertz CT molecular complexity index is 965. The number of furan rings is 1. The average Bonchev–Trinajstić information content (AvgIpc) is 2.90. The average molecular weight is 311 g/mol. The van der Waals surface area contributed by atoms with Crippen molar-refractivity contribution in [3.63, 3.8) is 0 Å². The highest BCUT2D eigenvalue weighted by molar-refractivity contribution is 8.00. The number of nitriles is 1. The summed E-state index contributed by atoms with van der Waals surface area (Å²) in [5.41, 5.74) is 1.14. The smallest absolute Gasteiger partial charge is 0.298 e. The van der Waals surface area contributed by atoms with Gasteiger partial charge in [-0.1, -0.05) is 30.0 Å². The molecule has 0 saturated carbocycles. The fourth-order valence-electron chi connectivity index (χ4n) is 2.22. The zero-order valence-corrected chi connectivity index (χ0v) is 12.8. The normalized spacial score (nSPS) is 12.4. The number of aromatic nitrogens is 2. The van der Waals surface area contributed by atoms with Crippen molar-refractivity contribution in [1.29, 1.82) is 5.26 Å². The van der Waals surface area contributed by atoms with Crippen LogP contribution in [0.3, 0.4) is 0 Å². The third-order valence-corrected chi connectivity index (χ3v) is 4.20. The van der Waals surface area contributed by atoms with Gasteiger partial charge < -0.3 is 4.42 Å². The van der Waals surface area contributed by atoms with Gasteiger partial charge in [-0.05, 0) is 19.1 Å². The number of hydrogen-bond donors (Lipinski definition) is 0. The van der Waals surface area contributed by atoms with Gasteiger partial charge in [0.1, 0.15) is 11.1 Å². The minimum Gasteiger partial charge on any atom is -0.448 e. The van der Waals surface area contributed by atoms with Gasteiger partial charge >= 0.3 is 0 Å². The first-order valence-corrected chi connectivity index (χ1v) is 7.63. The van der Waals surface area contributed by atoms with Gasteiger partial charge in [0.05, 0.1) is 11.3 Å². The van der Waals surface area contributed by atoms with Crippen LogP contribution in [0.15, 0.2) is 51.3 Å². The molecule has 1 unspecified atom stereocenters. The van der Waals surface area contributed by atoms with E-state index in [0.717, 1.165) is 5.39 Å². The van der Waals surface area contributed by atoms with E-state index in [9.17, 15) is 4.79 Å². The van der Waals surface area contributed by atoms with Crippen LogP contribution < -0.4 is 5.56 Å². The molecule has 3 rings (SSSR count). The highest BCUT2D eigenvalue weighted by Gasteiger charge is 2.18. The fourth-order valence-corrected chi connectivity index (χ4v) is 3.02. The number of para-hydroxylation sites is 1. The Balaban J connectivity index is 2.34. The number of hydrogen-bond acceptors (Lipinski definition) is 5. The van der Waals surface area contributed by atoms with Crippen molar-refractivity contribution >= 4 is 33.8 Å². The lowest BCUT2D eigenvalue weighted by atomic mass is 10.2. The van der Waals surface area contributed by atoms with Crippen LogP contribution in [-0.2, 0) is 6.54 Å². The molecule has 0 aliphatic heterocycles. The predicted molar refractivity (Wildman–Crippen MR) is 86.9 cm³/mol. The van der Waals surface area contributed by atoms with Crippen LogP contribution in [-0.4, -0.2) is 14.8 Å². The van der Waals surface area contributed by atoms with E-state index in [1.807, 2.05) is 18.2 Å². The zero-order chi connectivity index (χ0) is 15.7. The quantitative estimate of drug-likeness (QED) is 0.420. The molecule has 0 amide bonds. The van der Waals surface area contributed by atoms with E-state index in [1.54, 1.807) is 19.1 Å². The zero-order valence-electron chi connectivity index (χ0n) is 11.9. The molecule has 0 bridgehead atoms. The second-order valence-electron chi connectivity index (χ2n) is 4.76. The monoisotopic (exact) mass is 311 g/mol. The van der Waals surface area contributed by atoms with E-state index in [0.29, 0.717) is 22.8 Å². The van der Waals surface area contributed by atoms with Crippen LogP contribution in [0.25, 0.3) is 22.1 Å². The van der Waals surface area contributed by atoms with Crippen LogP contribution in [0.1, 0.15) is 6.92 Å². The van der Waals surface area contributed by atoms with Gasteiger partial charge in [-0.25, -0.2) is 4.98 Å². The van der Waals surface area contributed by atoms with Gasteiger partial charge in [0, 0.05) is 11.9 Å². The van der Waals surface area contributed by atoms with Crippen LogP contribution in [0.5, 0.6) is 0 Å². The molecule has 5 nitrogen and oxygen atoms in total. The highest BCUT2D eigenvalue weighted by Crippen LogP contribution is 2.28. The Morgan fingerprint density at radius 1 is 1.55 bits per heavy atom. The molecule has 110 valence electrons. The molecular weight excluding hydrogens is 298 g/mol. The summed E-state index contributed by atoms with van der Waals surface area (Å²) < 4.78 is 7.13. The molecule has 0 aliphatic rings. The third-order valence-electron chi connectivity index (χ3n) is 3.22. The maximum Gasteiger partial charge on any atom is 0.298 e. The topological polar surface area (TPSA) is 71.8 Å². The number of fused-ring (bicyclic) bond motifs is 3. The van der Waals surface area contributed by atoms with E-state index in [-0.39, 0.29) is 16.4 Å². The van der Waals surface area contributed by atoms with E-state index >= 15 is 0 Å². The van der Waals surface area contributed by atoms with Crippen LogP contribution in [0.2, 0.25) is 0 Å². The SMILES string of the molecule is C=CCn1c(SC(C)C#N)nc2c(oc3ccccc32)c1=O. The lowest BCUT2D eigenvalue weighted by Gasteiger charge is -2.10. The molecule has 0 radical (unpaired) electrons. The van der Waals surface area contributed by atoms with Gasteiger partial charge in [0.15, 0.2) is 5.16 Å². The number of allylic oxidation sites excluding steroid dienone is 1. The second kappa shape index (κ2) is 5.70. The first-order valence-electron chi connectivity index (χ1n) is 6.75. The first-order chi connectivity index (χ1) is 10.7. The van der Waals surface area contributed by atoms with Crippen molar-refractivity contribution in [3.8, 4) is 6.07 Å². The molecule has 3 aromatic rings. The van der Waals surface area contributed by atoms with E-state index in [1.165, 1.54) is 16.3 Å². The molecule has 22 heavy (non-hydrogen) atoms. The van der Waals surface area contributed by atoms with Crippen LogP contribution in [0.4, 0.5) is 0 Å². The summed E-state index contributed by atoms with van der Waals surface area (Å²) in [6, 6.07) is 9.53. The molecule has 2 aromatic heterocycles. The second-order valence-corrected chi connectivity index (χ2v) is 6.07. The fraction of sp³-hybridized carbons (Fsp3) is 0.188. The molecule has 0 spiro atoms. The summed E-state index contributed by atoms with van der Waals surface area (Å²) in [5, 5.41) is 10.00. The summed E-state index contributed by atoms with van der Waals surface area (Å²) in [6.45, 7) is 5.76. The van der Waals surface area contributed by atoms with Crippen molar-refractivity contribution in [2.75, 3.05) is 0 Å². The van der Waals surface area contributed by atoms with E-state index in [4.69, 9.17) is 9.68 Å². The standard InChI is InChI=1S/C16H13N3O2S/c1-3-8-19-15(20)14-13(18-16(19)22-10(2)9-17)11-6-4-5-7-12(11)21-14/h3-7,10H,1,8H2,2H3. The Hall–Kier alpha value is -2.52. The minimum atomic E-state index is -0.307. The molecule has 1 atom stereocenters. The Morgan fingerprint density at radius 3 is 3.05 bits per heavy atom. The molecule has 2 heterocycles. The van der Waals surface area contributed by atoms with E-state index in [2.05, 4.69) is 17.6 Å². The van der Waals surface area contributed by atoms with Crippen molar-refractivity contribution in [3.05, 3.63) is 47.3 Å². The van der Waals surface area contributed by atoms with Crippen molar-refractivity contribution < 1.29 is 4.42 Å². The molecule has 6 heteroatoms. The van der Waals surface area contributed by atoms with Crippen LogP contribution >= 0.6 is 11.8 Å². The summed E-state index contributed by atoms with van der Waals surface area (Å²) in [7, 11) is 0. The van der Waals surface area contributed by atoms with Gasteiger partial charge in [-0.15, -0.1) is 6.58 Å². The summed E-state index contributed by atoms with van der Waals surface area (Å²) >= 11 is 1.25. The lowest BCUT2D eigenvalue weighted by Crippen LogP contribution is -2.22. The van der Waals surface area contributed by atoms with Crippen molar-refractivity contribution in [2.45, 2.75) is 23.9 Å². The Labute approximate surface area is 130 Å². The summed E-state index contributed by atoms with van der Waals surface area (Å²) in [5.74, 6) is 0. The first kappa shape index (κ1) is 14.4. The van der Waals surface area contributed by atoms with Crippen LogP contribution in [0, 0.1) is 11.3 Å². The largest absolute Gasteiger partial charge is 0.448 e. The van der Waals surface area contributed by atoms with Crippen molar-refractivity contribution in [1.82, 2.24) is 9.55 Å². The Kier molecular flexibility index (Phi) is 3.73. The molecule has 1 aromatic carbocycles. The molecule has 0 aliphatic carbocycles. The van der Waals surface area contributed by atoms with Gasteiger partial charge in [-0.3, -0.25) is 9.36 Å². The predicted octanol–water partition coefficient (Wildman–Crippen LogP) is 3.33. The molecule has 0 N–H and O–H groups in total. The van der Waals surface area contributed by atoms with Gasteiger partial charge in [0.2, 0.25) is 5.58 Å². The van der Waals surface area contributed by atoms with Gasteiger partial charge in [-0.2, -0.15) is 5.26 Å².